The fourth-order valence-electron chi connectivity index (χ4n) is 2.86. The molecule has 29 heavy (non-hydrogen) atoms. The first-order valence-corrected chi connectivity index (χ1v) is 9.63. The number of benzene rings is 2. The van der Waals surface area contributed by atoms with E-state index in [0.717, 1.165) is 17.1 Å². The summed E-state index contributed by atoms with van der Waals surface area (Å²) in [5.74, 6) is 0.575. The molecule has 3 aromatic rings. The monoisotopic (exact) mass is 389 g/mol. The zero-order chi connectivity index (χ0) is 21.0. The molecule has 0 bridgehead atoms. The van der Waals surface area contributed by atoms with Gasteiger partial charge in [0, 0.05) is 36.9 Å². The van der Waals surface area contributed by atoms with Gasteiger partial charge in [0.25, 0.3) is 5.91 Å². The molecular weight excluding hydrogens is 362 g/mol. The van der Waals surface area contributed by atoms with E-state index in [1.165, 1.54) is 5.56 Å². The van der Waals surface area contributed by atoms with Gasteiger partial charge in [-0.1, -0.05) is 26.0 Å². The van der Waals surface area contributed by atoms with Gasteiger partial charge in [0.1, 0.15) is 5.69 Å². The van der Waals surface area contributed by atoms with E-state index in [0.29, 0.717) is 23.3 Å². The van der Waals surface area contributed by atoms with Gasteiger partial charge in [-0.15, -0.1) is 0 Å². The fraction of sp³-hybridized carbons (Fsp3) is 0.261. The highest BCUT2D eigenvalue weighted by Gasteiger charge is 2.12. The van der Waals surface area contributed by atoms with E-state index >= 15 is 0 Å². The topological polar surface area (TPSA) is 70.2 Å². The van der Waals surface area contributed by atoms with Crippen LogP contribution in [-0.2, 0) is 0 Å². The Morgan fingerprint density at radius 3 is 2.14 bits per heavy atom. The number of anilines is 4. The molecule has 0 aliphatic heterocycles. The number of carbonyl (C=O) groups is 1. The van der Waals surface area contributed by atoms with Crippen LogP contribution in [0, 0.1) is 6.92 Å². The van der Waals surface area contributed by atoms with Crippen LogP contribution in [0.25, 0.3) is 0 Å². The molecule has 1 aromatic heterocycles. The molecule has 1 amide bonds. The molecule has 2 N–H and O–H groups in total. The van der Waals surface area contributed by atoms with Crippen LogP contribution in [0.2, 0.25) is 0 Å². The number of rotatable bonds is 6. The molecule has 2 aromatic carbocycles. The van der Waals surface area contributed by atoms with Gasteiger partial charge in [-0.3, -0.25) is 4.79 Å². The summed E-state index contributed by atoms with van der Waals surface area (Å²) >= 11 is 0. The smallest absolute Gasteiger partial charge is 0.274 e. The average Bonchev–Trinajstić information content (AvgIpc) is 2.68. The van der Waals surface area contributed by atoms with Gasteiger partial charge in [0.2, 0.25) is 5.95 Å². The first-order chi connectivity index (χ1) is 13.8. The second kappa shape index (κ2) is 8.73. The molecule has 6 heteroatoms. The minimum absolute atomic E-state index is 0.265. The number of hydrogen-bond acceptors (Lipinski definition) is 5. The van der Waals surface area contributed by atoms with Crippen LogP contribution in [0.1, 0.15) is 41.5 Å². The predicted octanol–water partition coefficient (Wildman–Crippen LogP) is 4.97. The van der Waals surface area contributed by atoms with Gasteiger partial charge in [0.05, 0.1) is 0 Å². The van der Waals surface area contributed by atoms with Crippen LogP contribution in [0.3, 0.4) is 0 Å². The summed E-state index contributed by atoms with van der Waals surface area (Å²) in [5, 5.41) is 6.07. The third-order valence-electron chi connectivity index (χ3n) is 4.56. The summed E-state index contributed by atoms with van der Waals surface area (Å²) in [5.41, 5.74) is 4.96. The third-order valence-corrected chi connectivity index (χ3v) is 4.56. The van der Waals surface area contributed by atoms with Crippen molar-refractivity contribution < 1.29 is 4.79 Å². The Morgan fingerprint density at radius 2 is 1.55 bits per heavy atom. The maximum atomic E-state index is 12.7. The van der Waals surface area contributed by atoms with Crippen molar-refractivity contribution in [3.63, 3.8) is 0 Å². The minimum atomic E-state index is -0.265. The molecule has 0 saturated heterocycles. The maximum Gasteiger partial charge on any atom is 0.274 e. The zero-order valence-electron chi connectivity index (χ0n) is 17.5. The summed E-state index contributed by atoms with van der Waals surface area (Å²) in [6, 6.07) is 17.5. The Kier molecular flexibility index (Phi) is 6.12. The van der Waals surface area contributed by atoms with Crippen molar-refractivity contribution in [1.29, 1.82) is 0 Å². The molecule has 0 atom stereocenters. The van der Waals surface area contributed by atoms with Gasteiger partial charge in [-0.05, 0) is 60.9 Å². The van der Waals surface area contributed by atoms with Crippen molar-refractivity contribution in [2.45, 2.75) is 26.7 Å². The number of amides is 1. The van der Waals surface area contributed by atoms with Crippen LogP contribution < -0.4 is 15.5 Å². The van der Waals surface area contributed by atoms with Crippen molar-refractivity contribution in [2.24, 2.45) is 0 Å². The van der Waals surface area contributed by atoms with Crippen molar-refractivity contribution >= 4 is 28.9 Å². The lowest BCUT2D eigenvalue weighted by atomic mass is 10.0. The maximum absolute atomic E-state index is 12.7. The molecule has 0 spiro atoms. The summed E-state index contributed by atoms with van der Waals surface area (Å²) in [4.78, 5) is 23.5. The number of aromatic nitrogens is 2. The third kappa shape index (κ3) is 5.31. The van der Waals surface area contributed by atoms with E-state index in [1.807, 2.05) is 74.4 Å². The minimum Gasteiger partial charge on any atom is -0.378 e. The molecule has 0 saturated carbocycles. The number of aryl methyl sites for hydroxylation is 1. The Labute approximate surface area is 172 Å². The van der Waals surface area contributed by atoms with Crippen LogP contribution in [0.15, 0.2) is 54.6 Å². The molecule has 3 rings (SSSR count). The van der Waals surface area contributed by atoms with Crippen LogP contribution in [-0.4, -0.2) is 30.0 Å². The molecule has 0 radical (unpaired) electrons. The SMILES string of the molecule is Cc1cc(C(=O)Nc2ccc(C(C)C)cc2)nc(Nc2ccc(N(C)C)cc2)n1. The largest absolute Gasteiger partial charge is 0.378 e. The van der Waals surface area contributed by atoms with Crippen molar-refractivity contribution in [3.05, 3.63) is 71.5 Å². The molecule has 1 heterocycles. The lowest BCUT2D eigenvalue weighted by Crippen LogP contribution is -2.15. The highest BCUT2D eigenvalue weighted by atomic mass is 16.1. The Hall–Kier alpha value is -3.41. The van der Waals surface area contributed by atoms with Crippen molar-refractivity contribution in [2.75, 3.05) is 29.6 Å². The second-order valence-corrected chi connectivity index (χ2v) is 7.52. The normalized spacial score (nSPS) is 10.7. The number of hydrogen-bond donors (Lipinski definition) is 2. The average molecular weight is 390 g/mol. The lowest BCUT2D eigenvalue weighted by molar-refractivity contribution is 0.102. The first-order valence-electron chi connectivity index (χ1n) is 9.63. The van der Waals surface area contributed by atoms with Crippen LogP contribution >= 0.6 is 0 Å². The molecule has 150 valence electrons. The van der Waals surface area contributed by atoms with Crippen LogP contribution in [0.4, 0.5) is 23.0 Å². The van der Waals surface area contributed by atoms with E-state index in [-0.39, 0.29) is 5.91 Å². The molecule has 0 fully saturated rings. The Balaban J connectivity index is 1.74. The summed E-state index contributed by atoms with van der Waals surface area (Å²) < 4.78 is 0. The van der Waals surface area contributed by atoms with Crippen molar-refractivity contribution in [1.82, 2.24) is 9.97 Å². The summed E-state index contributed by atoms with van der Waals surface area (Å²) in [7, 11) is 3.99. The molecule has 0 aliphatic carbocycles. The van der Waals surface area contributed by atoms with E-state index in [4.69, 9.17) is 0 Å². The highest BCUT2D eigenvalue weighted by molar-refractivity contribution is 6.03. The Bertz CT molecular complexity index is 979. The number of nitrogens with one attached hydrogen (secondary N) is 2. The Morgan fingerprint density at radius 1 is 0.931 bits per heavy atom. The highest BCUT2D eigenvalue weighted by Crippen LogP contribution is 2.20. The van der Waals surface area contributed by atoms with E-state index in [2.05, 4.69) is 34.4 Å². The standard InChI is InChI=1S/C23H27N5O/c1-15(2)17-6-8-18(9-7-17)25-22(29)21-14-16(3)24-23(27-21)26-19-10-12-20(13-11-19)28(4)5/h6-15H,1-5H3,(H,25,29)(H,24,26,27). The molecule has 0 aliphatic rings. The van der Waals surface area contributed by atoms with E-state index < -0.39 is 0 Å². The molecular formula is C23H27N5O. The lowest BCUT2D eigenvalue weighted by Gasteiger charge is -2.13. The summed E-state index contributed by atoms with van der Waals surface area (Å²) in [6.07, 6.45) is 0. The van der Waals surface area contributed by atoms with Gasteiger partial charge in [-0.2, -0.15) is 0 Å². The van der Waals surface area contributed by atoms with Gasteiger partial charge >= 0.3 is 0 Å². The van der Waals surface area contributed by atoms with Gasteiger partial charge < -0.3 is 15.5 Å². The quantitative estimate of drug-likeness (QED) is 0.623. The second-order valence-electron chi connectivity index (χ2n) is 7.52. The number of nitrogens with zero attached hydrogens (tertiary/aromatic N) is 3. The fourth-order valence-corrected chi connectivity index (χ4v) is 2.86. The van der Waals surface area contributed by atoms with Crippen LogP contribution in [0.5, 0.6) is 0 Å². The van der Waals surface area contributed by atoms with E-state index in [9.17, 15) is 4.79 Å². The van der Waals surface area contributed by atoms with Gasteiger partial charge in [-0.25, -0.2) is 9.97 Å². The van der Waals surface area contributed by atoms with Gasteiger partial charge in [0.15, 0.2) is 0 Å². The molecule has 6 nitrogen and oxygen atoms in total. The zero-order valence-corrected chi connectivity index (χ0v) is 17.5. The number of carbonyl (C=O) groups excluding carboxylic acids is 1. The van der Waals surface area contributed by atoms with Crippen molar-refractivity contribution in [3.8, 4) is 0 Å². The predicted molar refractivity (Wildman–Crippen MR) is 119 cm³/mol. The molecule has 0 unspecified atom stereocenters. The first kappa shape index (κ1) is 20.3. The summed E-state index contributed by atoms with van der Waals surface area (Å²) in [6.45, 7) is 6.12. The van der Waals surface area contributed by atoms with E-state index in [1.54, 1.807) is 6.07 Å².